The molecule has 2 rings (SSSR count). The third-order valence-corrected chi connectivity index (χ3v) is 6.05. The highest BCUT2D eigenvalue weighted by Crippen LogP contribution is 2.21. The number of nitrogens with zero attached hydrogens (tertiary/aromatic N) is 2. The fraction of sp³-hybridized carbons (Fsp3) is 0.579. The van der Waals surface area contributed by atoms with E-state index in [0.717, 1.165) is 5.56 Å². The number of amides is 1. The molecule has 1 aliphatic rings. The molecule has 0 atom stereocenters. The van der Waals surface area contributed by atoms with Crippen molar-refractivity contribution in [3.05, 3.63) is 29.8 Å². The second kappa shape index (κ2) is 9.21. The summed E-state index contributed by atoms with van der Waals surface area (Å²) in [7, 11) is -2.04. The van der Waals surface area contributed by atoms with Crippen LogP contribution in [0.3, 0.4) is 0 Å². The molecule has 1 heterocycles. The molecule has 0 saturated carbocycles. The summed E-state index contributed by atoms with van der Waals surface area (Å²) in [5.41, 5.74) is 1.66. The number of rotatable bonds is 7. The first kappa shape index (κ1) is 21.2. The van der Waals surface area contributed by atoms with Crippen molar-refractivity contribution >= 4 is 27.6 Å². The molecule has 0 aromatic heterocycles. The maximum absolute atomic E-state index is 12.4. The number of methoxy groups -OCH3 is 1. The van der Waals surface area contributed by atoms with E-state index in [1.165, 1.54) is 17.7 Å². The highest BCUT2D eigenvalue weighted by atomic mass is 32.2. The Labute approximate surface area is 161 Å². The topological polar surface area (TPSA) is 84.0 Å². The quantitative estimate of drug-likeness (QED) is 0.658. The summed E-state index contributed by atoms with van der Waals surface area (Å²) in [5, 5.41) is 0. The number of anilines is 1. The highest BCUT2D eigenvalue weighted by Gasteiger charge is 2.27. The first-order chi connectivity index (χ1) is 12.7. The van der Waals surface area contributed by atoms with Crippen LogP contribution in [0.5, 0.6) is 0 Å². The first-order valence-corrected chi connectivity index (χ1v) is 11.0. The molecule has 0 bridgehead atoms. The lowest BCUT2D eigenvalue weighted by Crippen LogP contribution is -2.40. The molecule has 0 aliphatic carbocycles. The molecule has 150 valence electrons. The number of hydrogen-bond donors (Lipinski definition) is 0. The van der Waals surface area contributed by atoms with Crippen LogP contribution in [0, 0.1) is 12.8 Å². The zero-order chi connectivity index (χ0) is 20.0. The van der Waals surface area contributed by atoms with Crippen LogP contribution in [-0.4, -0.2) is 58.2 Å². The smallest absolute Gasteiger partial charge is 0.308 e. The standard InChI is InChI=1S/C19H28N2O5S/c1-15-6-8-17(9-7-15)21(27(3,24)25)12-4-5-18(22)20-13-10-16(11-14-20)19(23)26-2/h6-9,16H,4-5,10-14H2,1-3H3. The average molecular weight is 397 g/mol. The van der Waals surface area contributed by atoms with Gasteiger partial charge in [0.25, 0.3) is 0 Å². The van der Waals surface area contributed by atoms with Crippen molar-refractivity contribution < 1.29 is 22.7 Å². The monoisotopic (exact) mass is 396 g/mol. The van der Waals surface area contributed by atoms with Crippen LogP contribution in [0.2, 0.25) is 0 Å². The van der Waals surface area contributed by atoms with E-state index in [9.17, 15) is 18.0 Å². The van der Waals surface area contributed by atoms with E-state index in [2.05, 4.69) is 0 Å². The van der Waals surface area contributed by atoms with Crippen molar-refractivity contribution in [3.8, 4) is 0 Å². The minimum absolute atomic E-state index is 0.00401. The number of carbonyl (C=O) groups excluding carboxylic acids is 2. The van der Waals surface area contributed by atoms with Gasteiger partial charge in [0.2, 0.25) is 15.9 Å². The molecule has 1 aliphatic heterocycles. The minimum atomic E-state index is -3.42. The van der Waals surface area contributed by atoms with Crippen LogP contribution in [0.1, 0.15) is 31.2 Å². The minimum Gasteiger partial charge on any atom is -0.469 e. The van der Waals surface area contributed by atoms with E-state index in [-0.39, 0.29) is 30.8 Å². The van der Waals surface area contributed by atoms with Gasteiger partial charge in [0, 0.05) is 26.1 Å². The van der Waals surface area contributed by atoms with Crippen molar-refractivity contribution in [2.45, 2.75) is 32.6 Å². The Hall–Kier alpha value is -2.09. The second-order valence-electron chi connectivity index (χ2n) is 6.95. The zero-order valence-corrected chi connectivity index (χ0v) is 17.0. The van der Waals surface area contributed by atoms with Gasteiger partial charge in [-0.2, -0.15) is 0 Å². The Bertz CT molecular complexity index is 753. The van der Waals surface area contributed by atoms with Gasteiger partial charge in [0.15, 0.2) is 0 Å². The van der Waals surface area contributed by atoms with Gasteiger partial charge < -0.3 is 9.64 Å². The summed E-state index contributed by atoms with van der Waals surface area (Å²) >= 11 is 0. The number of esters is 1. The molecule has 0 unspecified atom stereocenters. The maximum Gasteiger partial charge on any atom is 0.308 e. The van der Waals surface area contributed by atoms with Crippen LogP contribution in [-0.2, 0) is 24.3 Å². The first-order valence-electron chi connectivity index (χ1n) is 9.12. The normalized spacial score (nSPS) is 15.4. The largest absolute Gasteiger partial charge is 0.469 e. The number of sulfonamides is 1. The predicted molar refractivity (Wildman–Crippen MR) is 104 cm³/mol. The number of ether oxygens (including phenoxy) is 1. The Balaban J connectivity index is 1.87. The Morgan fingerprint density at radius 3 is 2.30 bits per heavy atom. The molecule has 1 amide bonds. The average Bonchev–Trinajstić information content (AvgIpc) is 2.64. The maximum atomic E-state index is 12.4. The molecular formula is C19H28N2O5S. The summed E-state index contributed by atoms with van der Waals surface area (Å²) in [6.45, 7) is 3.27. The fourth-order valence-corrected chi connectivity index (χ4v) is 4.23. The van der Waals surface area contributed by atoms with Gasteiger partial charge in [0.05, 0.1) is 25.0 Å². The molecule has 1 aromatic rings. The summed E-state index contributed by atoms with van der Waals surface area (Å²) in [4.78, 5) is 25.7. The van der Waals surface area contributed by atoms with Gasteiger partial charge >= 0.3 is 5.97 Å². The SMILES string of the molecule is COC(=O)C1CCN(C(=O)CCCN(c2ccc(C)cc2)S(C)(=O)=O)CC1. The van der Waals surface area contributed by atoms with Crippen LogP contribution in [0.25, 0.3) is 0 Å². The molecule has 1 saturated heterocycles. The number of likely N-dealkylation sites (tertiary alicyclic amines) is 1. The number of benzene rings is 1. The van der Waals surface area contributed by atoms with Crippen molar-refractivity contribution in [1.29, 1.82) is 0 Å². The van der Waals surface area contributed by atoms with Gasteiger partial charge in [-0.25, -0.2) is 8.42 Å². The van der Waals surface area contributed by atoms with Gasteiger partial charge in [-0.15, -0.1) is 0 Å². The van der Waals surface area contributed by atoms with Crippen LogP contribution in [0.4, 0.5) is 5.69 Å². The van der Waals surface area contributed by atoms with Crippen LogP contribution >= 0.6 is 0 Å². The van der Waals surface area contributed by atoms with Gasteiger partial charge in [-0.3, -0.25) is 13.9 Å². The molecule has 1 aromatic carbocycles. The third-order valence-electron chi connectivity index (χ3n) is 4.86. The lowest BCUT2D eigenvalue weighted by Gasteiger charge is -2.31. The molecule has 1 fully saturated rings. The summed E-state index contributed by atoms with van der Waals surface area (Å²) in [6.07, 6.45) is 3.11. The molecule has 8 heteroatoms. The van der Waals surface area contributed by atoms with Gasteiger partial charge in [-0.1, -0.05) is 17.7 Å². The van der Waals surface area contributed by atoms with Gasteiger partial charge in [-0.05, 0) is 38.3 Å². The van der Waals surface area contributed by atoms with E-state index >= 15 is 0 Å². The summed E-state index contributed by atoms with van der Waals surface area (Å²) in [5.74, 6) is -0.360. The Morgan fingerprint density at radius 2 is 1.78 bits per heavy atom. The molecule has 0 N–H and O–H groups in total. The molecular weight excluding hydrogens is 368 g/mol. The Kier molecular flexibility index (Phi) is 7.24. The number of carbonyl (C=O) groups is 2. The molecule has 27 heavy (non-hydrogen) atoms. The van der Waals surface area contributed by atoms with E-state index in [0.29, 0.717) is 38.0 Å². The lowest BCUT2D eigenvalue weighted by atomic mass is 9.97. The number of piperidine rings is 1. The molecule has 0 spiro atoms. The van der Waals surface area contributed by atoms with Gasteiger partial charge in [0.1, 0.15) is 0 Å². The van der Waals surface area contributed by atoms with Crippen molar-refractivity contribution in [3.63, 3.8) is 0 Å². The van der Waals surface area contributed by atoms with Crippen molar-refractivity contribution in [2.75, 3.05) is 37.3 Å². The molecule has 0 radical (unpaired) electrons. The van der Waals surface area contributed by atoms with Crippen LogP contribution < -0.4 is 4.31 Å². The van der Waals surface area contributed by atoms with E-state index in [4.69, 9.17) is 4.74 Å². The Morgan fingerprint density at radius 1 is 1.19 bits per heavy atom. The highest BCUT2D eigenvalue weighted by molar-refractivity contribution is 7.92. The second-order valence-corrected chi connectivity index (χ2v) is 8.86. The van der Waals surface area contributed by atoms with E-state index < -0.39 is 10.0 Å². The number of aryl methyl sites for hydroxylation is 1. The predicted octanol–water partition coefficient (Wildman–Crippen LogP) is 1.95. The van der Waals surface area contributed by atoms with Crippen molar-refractivity contribution in [2.24, 2.45) is 5.92 Å². The summed E-state index contributed by atoms with van der Waals surface area (Å²) < 4.78 is 30.3. The van der Waals surface area contributed by atoms with Crippen LogP contribution in [0.15, 0.2) is 24.3 Å². The lowest BCUT2D eigenvalue weighted by molar-refractivity contribution is -0.148. The fourth-order valence-electron chi connectivity index (χ4n) is 3.26. The third kappa shape index (κ3) is 5.95. The summed E-state index contributed by atoms with van der Waals surface area (Å²) in [6, 6.07) is 7.28. The van der Waals surface area contributed by atoms with E-state index in [1.807, 2.05) is 19.1 Å². The zero-order valence-electron chi connectivity index (χ0n) is 16.2. The van der Waals surface area contributed by atoms with E-state index in [1.54, 1.807) is 17.0 Å². The molecule has 7 nitrogen and oxygen atoms in total. The van der Waals surface area contributed by atoms with Crippen molar-refractivity contribution in [1.82, 2.24) is 4.90 Å². The number of hydrogen-bond acceptors (Lipinski definition) is 5.